The molecule has 1 heterocycles. The van der Waals surface area contributed by atoms with Crippen molar-refractivity contribution in [2.75, 3.05) is 0 Å². The predicted octanol–water partition coefficient (Wildman–Crippen LogP) is 2.20. The van der Waals surface area contributed by atoms with Crippen molar-refractivity contribution in [3.05, 3.63) is 47.0 Å². The minimum absolute atomic E-state index is 0.0888. The molecule has 4 heteroatoms. The summed E-state index contributed by atoms with van der Waals surface area (Å²) in [7, 11) is 0. The maximum atomic E-state index is 10.9. The van der Waals surface area contributed by atoms with E-state index in [0.717, 1.165) is 30.5 Å². The normalized spacial score (nSPS) is 17.7. The highest BCUT2D eigenvalue weighted by molar-refractivity contribution is 5.80. The highest BCUT2D eigenvalue weighted by Gasteiger charge is 2.24. The summed E-state index contributed by atoms with van der Waals surface area (Å²) in [6.07, 6.45) is 7.13. The molecule has 0 bridgehead atoms. The summed E-state index contributed by atoms with van der Waals surface area (Å²) in [4.78, 5) is 18.0. The molecule has 0 amide bonds. The number of nitrogens with one attached hydrogen (secondary N) is 1. The molecule has 4 nitrogen and oxygen atoms in total. The monoisotopic (exact) mass is 242 g/mol. The van der Waals surface area contributed by atoms with E-state index in [1.807, 2.05) is 12.3 Å². The number of hydrogen-bond donors (Lipinski definition) is 2. The van der Waals surface area contributed by atoms with E-state index in [0.29, 0.717) is 17.8 Å². The third-order valence-corrected chi connectivity index (χ3v) is 3.64. The maximum Gasteiger partial charge on any atom is 0.153 e. The molecular weight excluding hydrogens is 228 g/mol. The molecule has 1 aliphatic rings. The van der Waals surface area contributed by atoms with Crippen LogP contribution in [-0.2, 0) is 12.8 Å². The maximum absolute atomic E-state index is 10.9. The van der Waals surface area contributed by atoms with Crippen LogP contribution in [-0.4, -0.2) is 21.4 Å². The van der Waals surface area contributed by atoms with E-state index in [1.165, 1.54) is 5.56 Å². The zero-order valence-corrected chi connectivity index (χ0v) is 9.89. The lowest BCUT2D eigenvalue weighted by Gasteiger charge is -2.11. The summed E-state index contributed by atoms with van der Waals surface area (Å²) < 4.78 is 0. The molecule has 3 rings (SSSR count). The van der Waals surface area contributed by atoms with Crippen molar-refractivity contribution in [3.63, 3.8) is 0 Å². The Labute approximate surface area is 105 Å². The molecule has 0 saturated carbocycles. The van der Waals surface area contributed by atoms with Gasteiger partial charge in [-0.2, -0.15) is 0 Å². The van der Waals surface area contributed by atoms with Crippen LogP contribution >= 0.6 is 0 Å². The Hall–Kier alpha value is -2.10. The van der Waals surface area contributed by atoms with Gasteiger partial charge in [-0.3, -0.25) is 4.79 Å². The summed E-state index contributed by atoms with van der Waals surface area (Å²) in [6.45, 7) is 0. The van der Waals surface area contributed by atoms with Gasteiger partial charge in [0.05, 0.1) is 11.9 Å². The molecule has 0 fully saturated rings. The lowest BCUT2D eigenvalue weighted by Crippen LogP contribution is -2.00. The van der Waals surface area contributed by atoms with Gasteiger partial charge in [0.15, 0.2) is 6.29 Å². The predicted molar refractivity (Wildman–Crippen MR) is 66.8 cm³/mol. The van der Waals surface area contributed by atoms with Crippen LogP contribution in [0.5, 0.6) is 5.75 Å². The number of aromatic nitrogens is 2. The van der Waals surface area contributed by atoms with E-state index in [-0.39, 0.29) is 5.75 Å². The molecule has 0 radical (unpaired) electrons. The van der Waals surface area contributed by atoms with Crippen molar-refractivity contribution in [2.24, 2.45) is 0 Å². The van der Waals surface area contributed by atoms with Gasteiger partial charge >= 0.3 is 0 Å². The minimum atomic E-state index is 0.0888. The molecule has 2 N–H and O–H groups in total. The second-order valence-corrected chi connectivity index (χ2v) is 4.74. The number of aldehydes is 1. The van der Waals surface area contributed by atoms with Gasteiger partial charge in [0.25, 0.3) is 0 Å². The standard InChI is InChI=1S/C14H14N2O2/c17-7-11-4-13-9(3-12-6-15-8-16-12)1-2-10(13)5-14(11)18/h4-9,18H,1-3H2,(H,15,16). The van der Waals surface area contributed by atoms with Crippen molar-refractivity contribution in [1.82, 2.24) is 9.97 Å². The molecule has 0 spiro atoms. The number of fused-ring (bicyclic) bond motifs is 1. The fraction of sp³-hybridized carbons (Fsp3) is 0.286. The molecule has 1 unspecified atom stereocenters. The first-order chi connectivity index (χ1) is 8.78. The van der Waals surface area contributed by atoms with Crippen molar-refractivity contribution < 1.29 is 9.90 Å². The third kappa shape index (κ3) is 1.79. The first-order valence-corrected chi connectivity index (χ1v) is 6.06. The molecule has 2 aromatic rings. The number of carbonyl (C=O) groups is 1. The lowest BCUT2D eigenvalue weighted by atomic mass is 9.95. The van der Waals surface area contributed by atoms with Gasteiger partial charge in [-0.15, -0.1) is 0 Å². The first kappa shape index (κ1) is 11.0. The summed E-state index contributed by atoms with van der Waals surface area (Å²) >= 11 is 0. The van der Waals surface area contributed by atoms with Gasteiger partial charge in [0.2, 0.25) is 0 Å². The molecule has 0 saturated heterocycles. The van der Waals surface area contributed by atoms with Gasteiger partial charge in [-0.05, 0) is 48.4 Å². The number of aryl methyl sites for hydroxylation is 1. The van der Waals surface area contributed by atoms with Gasteiger partial charge in [0.1, 0.15) is 5.75 Å². The molecule has 1 aromatic heterocycles. The van der Waals surface area contributed by atoms with Crippen molar-refractivity contribution in [1.29, 1.82) is 0 Å². The Kier molecular flexibility index (Phi) is 2.63. The van der Waals surface area contributed by atoms with E-state index < -0.39 is 0 Å². The summed E-state index contributed by atoms with van der Waals surface area (Å²) in [5, 5.41) is 9.67. The van der Waals surface area contributed by atoms with Crippen LogP contribution < -0.4 is 0 Å². The highest BCUT2D eigenvalue weighted by atomic mass is 16.3. The van der Waals surface area contributed by atoms with Crippen molar-refractivity contribution in [3.8, 4) is 5.75 Å². The number of imidazole rings is 1. The SMILES string of the molecule is O=Cc1cc2c(cc1O)CCC2Cc1cnc[nH]1. The van der Waals surface area contributed by atoms with Crippen LogP contribution in [0.25, 0.3) is 0 Å². The number of aromatic amines is 1. The van der Waals surface area contributed by atoms with E-state index >= 15 is 0 Å². The van der Waals surface area contributed by atoms with Crippen molar-refractivity contribution in [2.45, 2.75) is 25.2 Å². The molecule has 0 aliphatic heterocycles. The van der Waals surface area contributed by atoms with Gasteiger partial charge < -0.3 is 10.1 Å². The fourth-order valence-corrected chi connectivity index (χ4v) is 2.72. The van der Waals surface area contributed by atoms with Crippen LogP contribution in [0.2, 0.25) is 0 Å². The smallest absolute Gasteiger partial charge is 0.153 e. The Morgan fingerprint density at radius 3 is 3.11 bits per heavy atom. The van der Waals surface area contributed by atoms with Crippen LogP contribution in [0.1, 0.15) is 39.5 Å². The van der Waals surface area contributed by atoms with Gasteiger partial charge in [0, 0.05) is 11.9 Å². The summed E-state index contributed by atoms with van der Waals surface area (Å²) in [5.41, 5.74) is 3.82. The van der Waals surface area contributed by atoms with Crippen LogP contribution in [0.4, 0.5) is 0 Å². The molecule has 1 aromatic carbocycles. The summed E-state index contributed by atoms with van der Waals surface area (Å²) in [6, 6.07) is 3.55. The van der Waals surface area contributed by atoms with E-state index in [2.05, 4.69) is 9.97 Å². The van der Waals surface area contributed by atoms with Crippen LogP contribution in [0.3, 0.4) is 0 Å². The number of carbonyl (C=O) groups excluding carboxylic acids is 1. The number of nitrogens with zero attached hydrogens (tertiary/aromatic N) is 1. The zero-order valence-electron chi connectivity index (χ0n) is 9.89. The zero-order chi connectivity index (χ0) is 12.5. The number of H-pyrrole nitrogens is 1. The number of phenolic OH excluding ortho intramolecular Hbond substituents is 1. The molecule has 1 atom stereocenters. The van der Waals surface area contributed by atoms with Gasteiger partial charge in [-0.1, -0.05) is 0 Å². The van der Waals surface area contributed by atoms with E-state index in [1.54, 1.807) is 12.4 Å². The average molecular weight is 242 g/mol. The Morgan fingerprint density at radius 2 is 2.39 bits per heavy atom. The molecule has 18 heavy (non-hydrogen) atoms. The number of hydrogen-bond acceptors (Lipinski definition) is 3. The summed E-state index contributed by atoms with van der Waals surface area (Å²) in [5.74, 6) is 0.491. The number of benzene rings is 1. The Morgan fingerprint density at radius 1 is 1.50 bits per heavy atom. The third-order valence-electron chi connectivity index (χ3n) is 3.64. The Balaban J connectivity index is 1.93. The Bertz CT molecular complexity index is 576. The number of aromatic hydroxyl groups is 1. The highest BCUT2D eigenvalue weighted by Crippen LogP contribution is 2.38. The largest absolute Gasteiger partial charge is 0.507 e. The average Bonchev–Trinajstić information content (AvgIpc) is 2.99. The molecule has 1 aliphatic carbocycles. The van der Waals surface area contributed by atoms with Gasteiger partial charge in [-0.25, -0.2) is 4.98 Å². The lowest BCUT2D eigenvalue weighted by molar-refractivity contribution is 0.112. The number of phenols is 1. The molecule has 92 valence electrons. The number of rotatable bonds is 3. The topological polar surface area (TPSA) is 66.0 Å². The second kappa shape index (κ2) is 4.29. The van der Waals surface area contributed by atoms with Crippen LogP contribution in [0, 0.1) is 0 Å². The quantitative estimate of drug-likeness (QED) is 0.811. The van der Waals surface area contributed by atoms with E-state index in [4.69, 9.17) is 0 Å². The second-order valence-electron chi connectivity index (χ2n) is 4.74. The minimum Gasteiger partial charge on any atom is -0.507 e. The van der Waals surface area contributed by atoms with E-state index in [9.17, 15) is 9.90 Å². The first-order valence-electron chi connectivity index (χ1n) is 6.06. The molecular formula is C14H14N2O2. The van der Waals surface area contributed by atoms with Crippen LogP contribution in [0.15, 0.2) is 24.7 Å². The fourth-order valence-electron chi connectivity index (χ4n) is 2.72. The van der Waals surface area contributed by atoms with Crippen molar-refractivity contribution >= 4 is 6.29 Å².